The van der Waals surface area contributed by atoms with Crippen LogP contribution in [0, 0.1) is 0 Å². The van der Waals surface area contributed by atoms with E-state index in [1.54, 1.807) is 0 Å². The molecule has 2 aliphatic rings. The molecule has 14 heavy (non-hydrogen) atoms. The second-order valence-corrected chi connectivity index (χ2v) is 4.11. The van der Waals surface area contributed by atoms with Gasteiger partial charge in [0, 0.05) is 26.2 Å². The molecule has 2 heterocycles. The largest absolute Gasteiger partial charge is 0.379 e. The Morgan fingerprint density at radius 1 is 1.14 bits per heavy atom. The molecule has 0 radical (unpaired) electrons. The van der Waals surface area contributed by atoms with Crippen molar-refractivity contribution in [1.82, 2.24) is 4.90 Å². The van der Waals surface area contributed by atoms with Gasteiger partial charge in [0.15, 0.2) is 0 Å². The van der Waals surface area contributed by atoms with Crippen LogP contribution < -0.4 is 5.73 Å². The minimum atomic E-state index is 0.307. The highest BCUT2D eigenvalue weighted by Crippen LogP contribution is 2.19. The SMILES string of the molecule is NCC1CCC(CN2CCOCC2)O1. The van der Waals surface area contributed by atoms with E-state index in [9.17, 15) is 0 Å². The Bertz CT molecular complexity index is 172. The second-order valence-electron chi connectivity index (χ2n) is 4.11. The topological polar surface area (TPSA) is 47.7 Å². The van der Waals surface area contributed by atoms with E-state index in [1.807, 2.05) is 0 Å². The number of morpholine rings is 1. The van der Waals surface area contributed by atoms with E-state index >= 15 is 0 Å². The average Bonchev–Trinajstić information content (AvgIpc) is 2.67. The third kappa shape index (κ3) is 2.67. The van der Waals surface area contributed by atoms with Crippen LogP contribution in [0.1, 0.15) is 12.8 Å². The van der Waals surface area contributed by atoms with Crippen molar-refractivity contribution in [1.29, 1.82) is 0 Å². The summed E-state index contributed by atoms with van der Waals surface area (Å²) in [4.78, 5) is 2.42. The van der Waals surface area contributed by atoms with Crippen LogP contribution in [0.5, 0.6) is 0 Å². The number of nitrogens with two attached hydrogens (primary N) is 1. The summed E-state index contributed by atoms with van der Waals surface area (Å²) in [6.07, 6.45) is 3.01. The zero-order valence-corrected chi connectivity index (χ0v) is 8.65. The Morgan fingerprint density at radius 3 is 2.50 bits per heavy atom. The lowest BCUT2D eigenvalue weighted by Crippen LogP contribution is -2.41. The normalized spacial score (nSPS) is 34.9. The minimum Gasteiger partial charge on any atom is -0.379 e. The molecule has 2 unspecified atom stereocenters. The Kier molecular flexibility index (Phi) is 3.75. The first kappa shape index (κ1) is 10.4. The number of ether oxygens (including phenoxy) is 2. The van der Waals surface area contributed by atoms with E-state index in [1.165, 1.54) is 6.42 Å². The van der Waals surface area contributed by atoms with Crippen LogP contribution >= 0.6 is 0 Å². The number of hydrogen-bond donors (Lipinski definition) is 1. The molecule has 2 N–H and O–H groups in total. The van der Waals surface area contributed by atoms with Gasteiger partial charge in [-0.25, -0.2) is 0 Å². The average molecular weight is 200 g/mol. The van der Waals surface area contributed by atoms with Crippen LogP contribution in [0.4, 0.5) is 0 Å². The van der Waals surface area contributed by atoms with Gasteiger partial charge >= 0.3 is 0 Å². The monoisotopic (exact) mass is 200 g/mol. The first-order valence-corrected chi connectivity index (χ1v) is 5.54. The summed E-state index contributed by atoms with van der Waals surface area (Å²) in [7, 11) is 0. The molecule has 82 valence electrons. The number of hydrogen-bond acceptors (Lipinski definition) is 4. The van der Waals surface area contributed by atoms with Crippen molar-refractivity contribution in [3.8, 4) is 0 Å². The lowest BCUT2D eigenvalue weighted by atomic mass is 10.2. The molecule has 0 amide bonds. The van der Waals surface area contributed by atoms with Crippen molar-refractivity contribution >= 4 is 0 Å². The third-order valence-corrected chi connectivity index (χ3v) is 3.02. The van der Waals surface area contributed by atoms with E-state index in [-0.39, 0.29) is 0 Å². The van der Waals surface area contributed by atoms with Crippen molar-refractivity contribution in [3.63, 3.8) is 0 Å². The van der Waals surface area contributed by atoms with E-state index in [2.05, 4.69) is 4.90 Å². The van der Waals surface area contributed by atoms with Gasteiger partial charge < -0.3 is 15.2 Å². The maximum absolute atomic E-state index is 5.81. The molecule has 2 atom stereocenters. The summed E-state index contributed by atoms with van der Waals surface area (Å²) in [6.45, 7) is 5.56. The Balaban J connectivity index is 1.69. The van der Waals surface area contributed by atoms with E-state index < -0.39 is 0 Å². The van der Waals surface area contributed by atoms with Crippen LogP contribution in [-0.4, -0.2) is 56.5 Å². The number of nitrogens with zero attached hydrogens (tertiary/aromatic N) is 1. The molecular weight excluding hydrogens is 180 g/mol. The molecule has 0 aliphatic carbocycles. The molecule has 0 aromatic rings. The van der Waals surface area contributed by atoms with Crippen LogP contribution in [0.3, 0.4) is 0 Å². The molecule has 2 saturated heterocycles. The van der Waals surface area contributed by atoms with Crippen LogP contribution in [0.2, 0.25) is 0 Å². The fourth-order valence-electron chi connectivity index (χ4n) is 2.16. The van der Waals surface area contributed by atoms with Gasteiger partial charge in [0.1, 0.15) is 0 Å². The zero-order chi connectivity index (χ0) is 9.80. The van der Waals surface area contributed by atoms with E-state index in [0.29, 0.717) is 18.8 Å². The summed E-state index contributed by atoms with van der Waals surface area (Å²) >= 11 is 0. The van der Waals surface area contributed by atoms with Crippen LogP contribution in [0.15, 0.2) is 0 Å². The van der Waals surface area contributed by atoms with Gasteiger partial charge in [0.2, 0.25) is 0 Å². The van der Waals surface area contributed by atoms with Gasteiger partial charge in [-0.1, -0.05) is 0 Å². The molecule has 0 bridgehead atoms. The fraction of sp³-hybridized carbons (Fsp3) is 1.00. The summed E-state index contributed by atoms with van der Waals surface area (Å²) in [5.74, 6) is 0. The Hall–Kier alpha value is -0.160. The van der Waals surface area contributed by atoms with Gasteiger partial charge in [-0.05, 0) is 12.8 Å². The number of rotatable bonds is 3. The van der Waals surface area contributed by atoms with Crippen molar-refractivity contribution < 1.29 is 9.47 Å². The summed E-state index contributed by atoms with van der Waals surface area (Å²) in [6, 6.07) is 0. The smallest absolute Gasteiger partial charge is 0.0707 e. The second kappa shape index (κ2) is 5.07. The van der Waals surface area contributed by atoms with Crippen molar-refractivity contribution in [2.45, 2.75) is 25.0 Å². The van der Waals surface area contributed by atoms with Gasteiger partial charge in [-0.15, -0.1) is 0 Å². The molecule has 0 saturated carbocycles. The standard InChI is InChI=1S/C10H20N2O2/c11-7-9-1-2-10(14-9)8-12-3-5-13-6-4-12/h9-10H,1-8,11H2. The first-order valence-electron chi connectivity index (χ1n) is 5.54. The van der Waals surface area contributed by atoms with Crippen molar-refractivity contribution in [2.75, 3.05) is 39.4 Å². The van der Waals surface area contributed by atoms with Crippen molar-refractivity contribution in [3.05, 3.63) is 0 Å². The molecule has 2 aliphatic heterocycles. The summed E-state index contributed by atoms with van der Waals surface area (Å²) in [5, 5.41) is 0. The van der Waals surface area contributed by atoms with Gasteiger partial charge in [0.25, 0.3) is 0 Å². The summed E-state index contributed by atoms with van der Waals surface area (Å²) < 4.78 is 11.1. The highest BCUT2D eigenvalue weighted by atomic mass is 16.5. The molecule has 2 fully saturated rings. The molecule has 2 rings (SSSR count). The van der Waals surface area contributed by atoms with Gasteiger partial charge in [-0.3, -0.25) is 4.90 Å². The lowest BCUT2D eigenvalue weighted by Gasteiger charge is -2.28. The predicted octanol–water partition coefficient (Wildman–Crippen LogP) is -0.175. The Labute approximate surface area is 85.3 Å². The minimum absolute atomic E-state index is 0.307. The quantitative estimate of drug-likeness (QED) is 0.687. The maximum Gasteiger partial charge on any atom is 0.0707 e. The van der Waals surface area contributed by atoms with Gasteiger partial charge in [0.05, 0.1) is 25.4 Å². The van der Waals surface area contributed by atoms with Crippen molar-refractivity contribution in [2.24, 2.45) is 5.73 Å². The predicted molar refractivity (Wildman–Crippen MR) is 54.2 cm³/mol. The molecule has 0 aromatic carbocycles. The van der Waals surface area contributed by atoms with E-state index in [4.69, 9.17) is 15.2 Å². The molecule has 4 heteroatoms. The maximum atomic E-state index is 5.81. The Morgan fingerprint density at radius 2 is 1.86 bits per heavy atom. The molecular formula is C10H20N2O2. The summed E-state index contributed by atoms with van der Waals surface area (Å²) in [5.41, 5.74) is 5.57. The lowest BCUT2D eigenvalue weighted by molar-refractivity contribution is -0.00908. The van der Waals surface area contributed by atoms with Gasteiger partial charge in [-0.2, -0.15) is 0 Å². The molecule has 0 aromatic heterocycles. The van der Waals surface area contributed by atoms with Crippen LogP contribution in [-0.2, 0) is 9.47 Å². The molecule has 4 nitrogen and oxygen atoms in total. The highest BCUT2D eigenvalue weighted by molar-refractivity contribution is 4.77. The van der Waals surface area contributed by atoms with Crippen LogP contribution in [0.25, 0.3) is 0 Å². The first-order chi connectivity index (χ1) is 6.88. The highest BCUT2D eigenvalue weighted by Gasteiger charge is 2.26. The zero-order valence-electron chi connectivity index (χ0n) is 8.65. The third-order valence-electron chi connectivity index (χ3n) is 3.02. The van der Waals surface area contributed by atoms with E-state index in [0.717, 1.165) is 39.3 Å². The fourth-order valence-corrected chi connectivity index (χ4v) is 2.16. The molecule has 0 spiro atoms.